The van der Waals surface area contributed by atoms with Crippen LogP contribution in [-0.2, 0) is 20.6 Å². The summed E-state index contributed by atoms with van der Waals surface area (Å²) in [6.45, 7) is 1.06. The Kier molecular flexibility index (Phi) is 3.89. The van der Waals surface area contributed by atoms with E-state index in [0.29, 0.717) is 23.7 Å². The Balaban J connectivity index is 1.98. The van der Waals surface area contributed by atoms with E-state index in [1.807, 2.05) is 0 Å². The summed E-state index contributed by atoms with van der Waals surface area (Å²) in [6, 6.07) is 6.47. The average molecular weight is 289 g/mol. The van der Waals surface area contributed by atoms with E-state index in [4.69, 9.17) is 11.6 Å². The quantitative estimate of drug-likeness (QED) is 0.846. The number of hydrogen-bond acceptors (Lipinski definition) is 4. The highest BCUT2D eigenvalue weighted by Crippen LogP contribution is 2.12. The maximum Gasteiger partial charge on any atom is 0.239 e. The summed E-state index contributed by atoms with van der Waals surface area (Å²) in [6.07, 6.45) is 0. The molecule has 0 spiro atoms. The fourth-order valence-corrected chi connectivity index (χ4v) is 2.85. The first-order chi connectivity index (χ1) is 8.46. The van der Waals surface area contributed by atoms with Crippen LogP contribution in [0.4, 0.5) is 0 Å². The summed E-state index contributed by atoms with van der Waals surface area (Å²) >= 11 is 5.71. The SMILES string of the molecule is O=C(NS(=O)(=O)Cc1ccc(Cl)cc1)C1CNC1. The first kappa shape index (κ1) is 13.3. The van der Waals surface area contributed by atoms with Gasteiger partial charge in [0.05, 0.1) is 11.7 Å². The predicted molar refractivity (Wildman–Crippen MR) is 68.6 cm³/mol. The zero-order valence-corrected chi connectivity index (χ0v) is 11.1. The number of benzene rings is 1. The molecule has 0 unspecified atom stereocenters. The molecule has 0 bridgehead atoms. The third-order valence-electron chi connectivity index (χ3n) is 2.68. The van der Waals surface area contributed by atoms with Crippen molar-refractivity contribution in [2.24, 2.45) is 5.92 Å². The fourth-order valence-electron chi connectivity index (χ4n) is 1.55. The van der Waals surface area contributed by atoms with Crippen molar-refractivity contribution >= 4 is 27.5 Å². The Hall–Kier alpha value is -1.11. The molecular weight excluding hydrogens is 276 g/mol. The van der Waals surface area contributed by atoms with Gasteiger partial charge in [0.2, 0.25) is 15.9 Å². The molecule has 0 aromatic heterocycles. The Bertz CT molecular complexity index is 538. The second-order valence-electron chi connectivity index (χ2n) is 4.21. The number of halogens is 1. The van der Waals surface area contributed by atoms with Crippen LogP contribution in [0.25, 0.3) is 0 Å². The van der Waals surface area contributed by atoms with E-state index in [9.17, 15) is 13.2 Å². The Morgan fingerprint density at radius 1 is 1.33 bits per heavy atom. The van der Waals surface area contributed by atoms with Crippen molar-refractivity contribution in [3.63, 3.8) is 0 Å². The molecule has 7 heteroatoms. The van der Waals surface area contributed by atoms with Crippen LogP contribution in [0.5, 0.6) is 0 Å². The first-order valence-corrected chi connectivity index (χ1v) is 7.49. The van der Waals surface area contributed by atoms with E-state index in [-0.39, 0.29) is 11.7 Å². The van der Waals surface area contributed by atoms with Crippen molar-refractivity contribution < 1.29 is 13.2 Å². The van der Waals surface area contributed by atoms with E-state index in [1.165, 1.54) is 0 Å². The van der Waals surface area contributed by atoms with Crippen molar-refractivity contribution in [3.05, 3.63) is 34.9 Å². The topological polar surface area (TPSA) is 75.3 Å². The second kappa shape index (κ2) is 5.26. The molecular formula is C11H13ClN2O3S. The molecule has 5 nitrogen and oxygen atoms in total. The van der Waals surface area contributed by atoms with E-state index >= 15 is 0 Å². The fraction of sp³-hybridized carbons (Fsp3) is 0.364. The molecule has 1 amide bonds. The van der Waals surface area contributed by atoms with Crippen LogP contribution in [0.15, 0.2) is 24.3 Å². The minimum Gasteiger partial charge on any atom is -0.315 e. The highest BCUT2D eigenvalue weighted by Gasteiger charge is 2.28. The van der Waals surface area contributed by atoms with Gasteiger partial charge in [0.1, 0.15) is 0 Å². The highest BCUT2D eigenvalue weighted by molar-refractivity contribution is 7.89. The molecule has 98 valence electrons. The van der Waals surface area contributed by atoms with Crippen LogP contribution >= 0.6 is 11.6 Å². The van der Waals surface area contributed by atoms with Gasteiger partial charge in [-0.2, -0.15) is 0 Å². The number of nitrogens with one attached hydrogen (secondary N) is 2. The monoisotopic (exact) mass is 288 g/mol. The van der Waals surface area contributed by atoms with Crippen LogP contribution in [0, 0.1) is 5.92 Å². The van der Waals surface area contributed by atoms with Crippen molar-refractivity contribution in [1.29, 1.82) is 0 Å². The molecule has 0 aliphatic carbocycles. The van der Waals surface area contributed by atoms with E-state index < -0.39 is 15.9 Å². The number of sulfonamides is 1. The summed E-state index contributed by atoms with van der Waals surface area (Å²) in [4.78, 5) is 11.5. The van der Waals surface area contributed by atoms with E-state index in [2.05, 4.69) is 10.0 Å². The molecule has 0 atom stereocenters. The lowest BCUT2D eigenvalue weighted by Crippen LogP contribution is -2.51. The highest BCUT2D eigenvalue weighted by atomic mass is 35.5. The molecule has 18 heavy (non-hydrogen) atoms. The molecule has 1 aromatic rings. The van der Waals surface area contributed by atoms with Crippen LogP contribution in [0.1, 0.15) is 5.56 Å². The summed E-state index contributed by atoms with van der Waals surface area (Å²) in [5, 5.41) is 3.46. The smallest absolute Gasteiger partial charge is 0.239 e. The molecule has 0 radical (unpaired) electrons. The standard InChI is InChI=1S/C11H13ClN2O3S/c12-10-3-1-8(2-4-10)7-18(16,17)14-11(15)9-5-13-6-9/h1-4,9,13H,5-7H2,(H,14,15). The average Bonchev–Trinajstić information content (AvgIpc) is 2.17. The summed E-state index contributed by atoms with van der Waals surface area (Å²) < 4.78 is 25.6. The van der Waals surface area contributed by atoms with Gasteiger partial charge < -0.3 is 5.32 Å². The molecule has 1 heterocycles. The van der Waals surface area contributed by atoms with Crippen LogP contribution in [-0.4, -0.2) is 27.4 Å². The molecule has 1 fully saturated rings. The Morgan fingerprint density at radius 3 is 2.44 bits per heavy atom. The zero-order chi connectivity index (χ0) is 13.2. The van der Waals surface area contributed by atoms with Gasteiger partial charge >= 0.3 is 0 Å². The molecule has 1 aliphatic rings. The second-order valence-corrected chi connectivity index (χ2v) is 6.37. The number of rotatable bonds is 4. The molecule has 2 rings (SSSR count). The lowest BCUT2D eigenvalue weighted by atomic mass is 10.0. The van der Waals surface area contributed by atoms with Crippen LogP contribution in [0.2, 0.25) is 5.02 Å². The Labute approximate surface area is 111 Å². The van der Waals surface area contributed by atoms with Crippen molar-refractivity contribution in [2.45, 2.75) is 5.75 Å². The van der Waals surface area contributed by atoms with Gasteiger partial charge in [0.25, 0.3) is 0 Å². The third kappa shape index (κ3) is 3.44. The number of hydrogen-bond donors (Lipinski definition) is 2. The van der Waals surface area contributed by atoms with Crippen molar-refractivity contribution in [2.75, 3.05) is 13.1 Å². The van der Waals surface area contributed by atoms with Gasteiger partial charge in [-0.15, -0.1) is 0 Å². The number of carbonyl (C=O) groups is 1. The van der Waals surface area contributed by atoms with Gasteiger partial charge in [-0.25, -0.2) is 8.42 Å². The van der Waals surface area contributed by atoms with Crippen molar-refractivity contribution in [1.82, 2.24) is 10.0 Å². The first-order valence-electron chi connectivity index (χ1n) is 5.46. The van der Waals surface area contributed by atoms with Crippen molar-refractivity contribution in [3.8, 4) is 0 Å². The minimum atomic E-state index is -3.64. The third-order valence-corrected chi connectivity index (χ3v) is 4.16. The van der Waals surface area contributed by atoms with Crippen LogP contribution in [0.3, 0.4) is 0 Å². The van der Waals surface area contributed by atoms with Gasteiger partial charge in [0, 0.05) is 18.1 Å². The van der Waals surface area contributed by atoms with E-state index in [0.717, 1.165) is 0 Å². The predicted octanol–water partition coefficient (Wildman–Crippen LogP) is 0.505. The lowest BCUT2D eigenvalue weighted by molar-refractivity contribution is -0.124. The number of carbonyl (C=O) groups excluding carboxylic acids is 1. The maximum absolute atomic E-state index is 11.8. The van der Waals surface area contributed by atoms with Gasteiger partial charge in [0.15, 0.2) is 0 Å². The van der Waals surface area contributed by atoms with Crippen LogP contribution < -0.4 is 10.0 Å². The zero-order valence-electron chi connectivity index (χ0n) is 9.52. The largest absolute Gasteiger partial charge is 0.315 e. The normalized spacial score (nSPS) is 16.1. The molecule has 0 saturated carbocycles. The maximum atomic E-state index is 11.8. The summed E-state index contributed by atoms with van der Waals surface area (Å²) in [5.74, 6) is -0.913. The van der Waals surface area contributed by atoms with E-state index in [1.54, 1.807) is 24.3 Å². The minimum absolute atomic E-state index is 0.226. The molecule has 2 N–H and O–H groups in total. The number of amides is 1. The Morgan fingerprint density at radius 2 is 1.94 bits per heavy atom. The summed E-state index contributed by atoms with van der Waals surface area (Å²) in [5.41, 5.74) is 0.589. The van der Waals surface area contributed by atoms with Gasteiger partial charge in [-0.05, 0) is 17.7 Å². The van der Waals surface area contributed by atoms with Gasteiger partial charge in [-0.3, -0.25) is 9.52 Å². The lowest BCUT2D eigenvalue weighted by Gasteiger charge is -2.25. The molecule has 1 saturated heterocycles. The molecule has 1 aromatic carbocycles. The molecule has 1 aliphatic heterocycles. The summed E-state index contributed by atoms with van der Waals surface area (Å²) in [7, 11) is -3.64. The van der Waals surface area contributed by atoms with Gasteiger partial charge in [-0.1, -0.05) is 23.7 Å².